The van der Waals surface area contributed by atoms with Crippen molar-refractivity contribution in [2.45, 2.75) is 6.92 Å². The summed E-state index contributed by atoms with van der Waals surface area (Å²) in [6, 6.07) is 9.33. The summed E-state index contributed by atoms with van der Waals surface area (Å²) in [5.74, 6) is 0. The molecule has 0 amide bonds. The van der Waals surface area contributed by atoms with E-state index < -0.39 is 10.0 Å². The van der Waals surface area contributed by atoms with Crippen LogP contribution in [0.5, 0.6) is 0 Å². The third-order valence-electron chi connectivity index (χ3n) is 2.09. The molecule has 0 fully saturated rings. The first-order chi connectivity index (χ1) is 8.14. The Balaban J connectivity index is 2.46. The van der Waals surface area contributed by atoms with Crippen molar-refractivity contribution in [2.24, 2.45) is 0 Å². The summed E-state index contributed by atoms with van der Waals surface area (Å²) < 4.78 is 25.6. The molecule has 0 atom stereocenters. The van der Waals surface area contributed by atoms with E-state index in [2.05, 4.69) is 10.0 Å². The van der Waals surface area contributed by atoms with Gasteiger partial charge >= 0.3 is 0 Å². The van der Waals surface area contributed by atoms with Gasteiger partial charge < -0.3 is 5.32 Å². The van der Waals surface area contributed by atoms with Gasteiger partial charge in [0.05, 0.1) is 0 Å². The number of benzene rings is 1. The van der Waals surface area contributed by atoms with Crippen LogP contribution in [0, 0.1) is 0 Å². The average molecular weight is 254 g/mol. The van der Waals surface area contributed by atoms with Crippen LogP contribution in [0.1, 0.15) is 12.5 Å². The van der Waals surface area contributed by atoms with Gasteiger partial charge in [-0.15, -0.1) is 0 Å². The van der Waals surface area contributed by atoms with Crippen molar-refractivity contribution in [1.29, 1.82) is 0 Å². The van der Waals surface area contributed by atoms with Gasteiger partial charge in [-0.05, 0) is 18.2 Å². The molecule has 4 nitrogen and oxygen atoms in total. The molecule has 0 aromatic heterocycles. The molecule has 94 valence electrons. The summed E-state index contributed by atoms with van der Waals surface area (Å²) in [6.45, 7) is 3.84. The molecule has 0 spiro atoms. The molecule has 0 unspecified atom stereocenters. The first-order valence-electron chi connectivity index (χ1n) is 5.57. The maximum absolute atomic E-state index is 11.5. The molecule has 0 bridgehead atoms. The van der Waals surface area contributed by atoms with Crippen LogP contribution in [0.15, 0.2) is 35.7 Å². The molecule has 5 heteroatoms. The predicted molar refractivity (Wildman–Crippen MR) is 70.9 cm³/mol. The van der Waals surface area contributed by atoms with E-state index in [-0.39, 0.29) is 0 Å². The first-order valence-corrected chi connectivity index (χ1v) is 7.12. The van der Waals surface area contributed by atoms with Gasteiger partial charge in [0.2, 0.25) is 10.0 Å². The molecule has 2 N–H and O–H groups in total. The highest BCUT2D eigenvalue weighted by molar-refractivity contribution is 7.92. The van der Waals surface area contributed by atoms with Crippen molar-refractivity contribution in [1.82, 2.24) is 10.0 Å². The van der Waals surface area contributed by atoms with Gasteiger partial charge in [0.15, 0.2) is 0 Å². The highest BCUT2D eigenvalue weighted by Gasteiger charge is 2.02. The highest BCUT2D eigenvalue weighted by Crippen LogP contribution is 2.02. The van der Waals surface area contributed by atoms with E-state index in [1.54, 1.807) is 6.08 Å². The monoisotopic (exact) mass is 254 g/mol. The van der Waals surface area contributed by atoms with Crippen LogP contribution in [0.3, 0.4) is 0 Å². The quantitative estimate of drug-likeness (QED) is 0.719. The second-order valence-corrected chi connectivity index (χ2v) is 5.16. The Morgan fingerprint density at radius 1 is 1.18 bits per heavy atom. The lowest BCUT2D eigenvalue weighted by Crippen LogP contribution is -2.30. The van der Waals surface area contributed by atoms with E-state index in [1.165, 1.54) is 5.41 Å². The van der Waals surface area contributed by atoms with Crippen molar-refractivity contribution in [3.8, 4) is 0 Å². The minimum atomic E-state index is -3.33. The second kappa shape index (κ2) is 7.21. The lowest BCUT2D eigenvalue weighted by atomic mass is 10.2. The normalized spacial score (nSPS) is 12.1. The number of nitrogens with one attached hydrogen (secondary N) is 2. The van der Waals surface area contributed by atoms with Gasteiger partial charge in [0, 0.05) is 18.5 Å². The number of hydrogen-bond acceptors (Lipinski definition) is 3. The van der Waals surface area contributed by atoms with E-state index in [1.807, 2.05) is 37.3 Å². The molecule has 0 aliphatic heterocycles. The zero-order valence-corrected chi connectivity index (χ0v) is 10.7. The van der Waals surface area contributed by atoms with Crippen LogP contribution in [-0.2, 0) is 10.0 Å². The van der Waals surface area contributed by atoms with E-state index in [0.717, 1.165) is 12.1 Å². The first kappa shape index (κ1) is 13.9. The third-order valence-corrected chi connectivity index (χ3v) is 3.20. The van der Waals surface area contributed by atoms with Gasteiger partial charge in [0.25, 0.3) is 0 Å². The summed E-state index contributed by atoms with van der Waals surface area (Å²) in [6.07, 6.45) is 1.58. The van der Waals surface area contributed by atoms with E-state index >= 15 is 0 Å². The summed E-state index contributed by atoms with van der Waals surface area (Å²) >= 11 is 0. The lowest BCUT2D eigenvalue weighted by molar-refractivity contribution is 0.586. The Labute approximate surface area is 103 Å². The molecular formula is C12H18N2O2S. The van der Waals surface area contributed by atoms with Gasteiger partial charge in [0.1, 0.15) is 0 Å². The number of sulfonamides is 1. The van der Waals surface area contributed by atoms with Gasteiger partial charge in [-0.3, -0.25) is 0 Å². The smallest absolute Gasteiger partial charge is 0.233 e. The third kappa shape index (κ3) is 6.21. The van der Waals surface area contributed by atoms with Crippen LogP contribution >= 0.6 is 0 Å². The zero-order chi connectivity index (χ0) is 12.6. The summed E-state index contributed by atoms with van der Waals surface area (Å²) in [7, 11) is -3.33. The SMILES string of the molecule is CCNCCNS(=O)(=O)C=Cc1ccccc1. The standard InChI is InChI=1S/C12H18N2O2S/c1-2-13-9-10-14-17(15,16)11-8-12-6-4-3-5-7-12/h3-8,11,13-14H,2,9-10H2,1H3. The van der Waals surface area contributed by atoms with Crippen molar-refractivity contribution in [2.75, 3.05) is 19.6 Å². The Morgan fingerprint density at radius 2 is 1.88 bits per heavy atom. The molecule has 0 radical (unpaired) electrons. The molecule has 0 aliphatic rings. The van der Waals surface area contributed by atoms with Crippen molar-refractivity contribution in [3.63, 3.8) is 0 Å². The summed E-state index contributed by atoms with van der Waals surface area (Å²) in [5, 5.41) is 4.23. The molecule has 1 rings (SSSR count). The highest BCUT2D eigenvalue weighted by atomic mass is 32.2. The Bertz CT molecular complexity index is 441. The molecule has 1 aromatic rings. The zero-order valence-electron chi connectivity index (χ0n) is 9.89. The maximum Gasteiger partial charge on any atom is 0.233 e. The summed E-state index contributed by atoms with van der Waals surface area (Å²) in [4.78, 5) is 0. The van der Waals surface area contributed by atoms with Crippen molar-refractivity contribution < 1.29 is 8.42 Å². The maximum atomic E-state index is 11.5. The molecule has 17 heavy (non-hydrogen) atoms. The Kier molecular flexibility index (Phi) is 5.90. The molecule has 0 heterocycles. The Hall–Kier alpha value is -1.17. The van der Waals surface area contributed by atoms with Gasteiger partial charge in [-0.2, -0.15) is 0 Å². The van der Waals surface area contributed by atoms with E-state index in [0.29, 0.717) is 13.1 Å². The van der Waals surface area contributed by atoms with Crippen LogP contribution in [-0.4, -0.2) is 28.1 Å². The van der Waals surface area contributed by atoms with Crippen LogP contribution in [0.4, 0.5) is 0 Å². The second-order valence-electron chi connectivity index (χ2n) is 3.51. The number of likely N-dealkylation sites (N-methyl/N-ethyl adjacent to an activating group) is 1. The van der Waals surface area contributed by atoms with Crippen LogP contribution < -0.4 is 10.0 Å². The summed E-state index contributed by atoms with van der Waals surface area (Å²) in [5.41, 5.74) is 0.865. The lowest BCUT2D eigenvalue weighted by Gasteiger charge is -2.02. The number of rotatable bonds is 7. The predicted octanol–water partition coefficient (Wildman–Crippen LogP) is 1.19. The van der Waals surface area contributed by atoms with Gasteiger partial charge in [-0.1, -0.05) is 37.3 Å². The molecule has 0 aliphatic carbocycles. The van der Waals surface area contributed by atoms with Crippen LogP contribution in [0.25, 0.3) is 6.08 Å². The fourth-order valence-electron chi connectivity index (χ4n) is 1.24. The van der Waals surface area contributed by atoms with E-state index in [9.17, 15) is 8.42 Å². The van der Waals surface area contributed by atoms with Crippen molar-refractivity contribution in [3.05, 3.63) is 41.3 Å². The molecular weight excluding hydrogens is 236 g/mol. The number of hydrogen-bond donors (Lipinski definition) is 2. The molecule has 0 saturated carbocycles. The largest absolute Gasteiger partial charge is 0.316 e. The fraction of sp³-hybridized carbons (Fsp3) is 0.333. The molecule has 1 aromatic carbocycles. The average Bonchev–Trinajstić information content (AvgIpc) is 2.34. The minimum Gasteiger partial charge on any atom is -0.316 e. The topological polar surface area (TPSA) is 58.2 Å². The van der Waals surface area contributed by atoms with E-state index in [4.69, 9.17) is 0 Å². The Morgan fingerprint density at radius 3 is 2.53 bits per heavy atom. The fourth-order valence-corrected chi connectivity index (χ4v) is 2.06. The van der Waals surface area contributed by atoms with Crippen molar-refractivity contribution >= 4 is 16.1 Å². The van der Waals surface area contributed by atoms with Gasteiger partial charge in [-0.25, -0.2) is 13.1 Å². The molecule has 0 saturated heterocycles. The van der Waals surface area contributed by atoms with Crippen LogP contribution in [0.2, 0.25) is 0 Å². The minimum absolute atomic E-state index is 0.398.